The second kappa shape index (κ2) is 3.52. The highest BCUT2D eigenvalue weighted by molar-refractivity contribution is 6.62. The summed E-state index contributed by atoms with van der Waals surface area (Å²) in [6, 6.07) is 3.61. The molecule has 0 unspecified atom stereocenters. The van der Waals surface area contributed by atoms with Crippen molar-refractivity contribution < 1.29 is 9.31 Å². The smallest absolute Gasteiger partial charge is 0.534 e. The fourth-order valence-electron chi connectivity index (χ4n) is 1.60. The van der Waals surface area contributed by atoms with Gasteiger partial charge < -0.3 is 15.0 Å². The van der Waals surface area contributed by atoms with E-state index in [2.05, 4.69) is 11.6 Å². The van der Waals surface area contributed by atoms with Crippen molar-refractivity contribution in [3.05, 3.63) is 30.2 Å². The Morgan fingerprint density at radius 1 is 1.44 bits per heavy atom. The molecule has 1 aromatic rings. The summed E-state index contributed by atoms with van der Waals surface area (Å²) in [6.07, 6.45) is 0. The molecule has 1 saturated heterocycles. The molecule has 2 heterocycles. The molecule has 84 valence electrons. The number of aryl methyl sites for hydroxylation is 1. The molecule has 0 bridgehead atoms. The largest absolute Gasteiger partial charge is 0.565 e. The number of hydrogen-bond acceptors (Lipinski definition) is 4. The van der Waals surface area contributed by atoms with Crippen LogP contribution in [0, 0.1) is 6.92 Å². The number of rotatable bonds is 1. The van der Waals surface area contributed by atoms with E-state index in [1.165, 1.54) is 0 Å². The van der Waals surface area contributed by atoms with Crippen LogP contribution in [0.2, 0.25) is 0 Å². The third-order valence-corrected chi connectivity index (χ3v) is 2.72. The highest BCUT2D eigenvalue weighted by Crippen LogP contribution is 2.29. The van der Waals surface area contributed by atoms with E-state index in [0.29, 0.717) is 11.6 Å². The summed E-state index contributed by atoms with van der Waals surface area (Å²) in [7, 11) is -0.435. The number of nitrogen functional groups attached to an aromatic ring is 1. The second-order valence-corrected chi connectivity index (χ2v) is 4.41. The molecule has 1 aliphatic rings. The van der Waals surface area contributed by atoms with Gasteiger partial charge in [-0.1, -0.05) is 12.6 Å². The monoisotopic (exact) mass is 218 g/mol. The van der Waals surface area contributed by atoms with Crippen molar-refractivity contribution in [2.75, 3.05) is 5.73 Å². The van der Waals surface area contributed by atoms with Gasteiger partial charge in [-0.2, -0.15) is 0 Å². The van der Waals surface area contributed by atoms with Gasteiger partial charge in [-0.3, -0.25) is 0 Å². The maximum Gasteiger partial charge on any atom is 0.565 e. The van der Waals surface area contributed by atoms with Crippen LogP contribution < -0.4 is 11.2 Å². The molecule has 0 aromatic carbocycles. The molecule has 1 aliphatic heterocycles. The number of pyridine rings is 1. The van der Waals surface area contributed by atoms with Gasteiger partial charge in [-0.05, 0) is 26.8 Å². The van der Waals surface area contributed by atoms with E-state index in [-0.39, 0.29) is 0 Å². The maximum absolute atomic E-state index is 5.77. The molecule has 0 spiro atoms. The van der Waals surface area contributed by atoms with Crippen LogP contribution in [0.4, 0.5) is 5.82 Å². The van der Waals surface area contributed by atoms with E-state index in [9.17, 15) is 0 Å². The third kappa shape index (κ3) is 1.78. The molecule has 0 aliphatic carbocycles. The predicted octanol–water partition coefficient (Wildman–Crippen LogP) is 1.01. The van der Waals surface area contributed by atoms with E-state index in [1.54, 1.807) is 6.07 Å². The van der Waals surface area contributed by atoms with E-state index in [0.717, 1.165) is 11.2 Å². The van der Waals surface area contributed by atoms with Crippen molar-refractivity contribution in [2.45, 2.75) is 26.4 Å². The number of hydrogen-bond donors (Lipinski definition) is 1. The Morgan fingerprint density at radius 2 is 2.12 bits per heavy atom. The number of nitrogens with zero attached hydrogens (tertiary/aromatic N) is 1. The minimum absolute atomic E-state index is 0.435. The lowest BCUT2D eigenvalue weighted by molar-refractivity contribution is 0.173. The first-order chi connectivity index (χ1) is 7.40. The molecule has 0 radical (unpaired) electrons. The normalized spacial score (nSPS) is 18.7. The summed E-state index contributed by atoms with van der Waals surface area (Å²) in [4.78, 5) is 4.18. The van der Waals surface area contributed by atoms with Gasteiger partial charge in [0.2, 0.25) is 0 Å². The summed E-state index contributed by atoms with van der Waals surface area (Å²) >= 11 is 0. The van der Waals surface area contributed by atoms with Crippen LogP contribution in [-0.2, 0) is 9.31 Å². The van der Waals surface area contributed by atoms with Crippen LogP contribution in [-0.4, -0.2) is 17.7 Å². The SMILES string of the molecule is C=C1OB(c2ccc(N)nc2C)OC1(C)C. The Morgan fingerprint density at radius 3 is 2.62 bits per heavy atom. The van der Waals surface area contributed by atoms with Crippen molar-refractivity contribution in [1.82, 2.24) is 4.98 Å². The zero-order chi connectivity index (χ0) is 11.9. The van der Waals surface area contributed by atoms with Gasteiger partial charge in [0, 0.05) is 11.2 Å². The fourth-order valence-corrected chi connectivity index (χ4v) is 1.60. The Labute approximate surface area is 95.6 Å². The Bertz CT molecular complexity index is 446. The average Bonchev–Trinajstić information content (AvgIpc) is 2.40. The lowest BCUT2D eigenvalue weighted by atomic mass is 9.78. The van der Waals surface area contributed by atoms with Crippen LogP contribution in [0.5, 0.6) is 0 Å². The van der Waals surface area contributed by atoms with Crippen molar-refractivity contribution in [2.24, 2.45) is 0 Å². The van der Waals surface area contributed by atoms with Gasteiger partial charge in [0.05, 0.1) is 5.76 Å². The molecule has 2 rings (SSSR count). The summed E-state index contributed by atoms with van der Waals surface area (Å²) in [5.41, 5.74) is 6.84. The molecule has 1 aromatic heterocycles. The van der Waals surface area contributed by atoms with E-state index < -0.39 is 12.7 Å². The maximum atomic E-state index is 5.77. The predicted molar refractivity (Wildman–Crippen MR) is 64.2 cm³/mol. The molecule has 2 N–H and O–H groups in total. The molecule has 0 amide bonds. The summed E-state index contributed by atoms with van der Waals surface area (Å²) in [5.74, 6) is 1.13. The highest BCUT2D eigenvalue weighted by atomic mass is 16.7. The van der Waals surface area contributed by atoms with Crippen molar-refractivity contribution in [3.8, 4) is 0 Å². The molecule has 0 atom stereocenters. The van der Waals surface area contributed by atoms with Crippen LogP contribution in [0.15, 0.2) is 24.5 Å². The number of anilines is 1. The summed E-state index contributed by atoms with van der Waals surface area (Å²) in [5, 5.41) is 0. The highest BCUT2D eigenvalue weighted by Gasteiger charge is 2.43. The van der Waals surface area contributed by atoms with Crippen LogP contribution in [0.3, 0.4) is 0 Å². The first-order valence-corrected chi connectivity index (χ1v) is 5.17. The third-order valence-electron chi connectivity index (χ3n) is 2.72. The molecule has 1 fully saturated rings. The minimum Gasteiger partial charge on any atom is -0.534 e. The van der Waals surface area contributed by atoms with Crippen molar-refractivity contribution in [1.29, 1.82) is 0 Å². The summed E-state index contributed by atoms with van der Waals surface area (Å²) < 4.78 is 11.4. The van der Waals surface area contributed by atoms with Crippen LogP contribution in [0.25, 0.3) is 0 Å². The second-order valence-electron chi connectivity index (χ2n) is 4.41. The van der Waals surface area contributed by atoms with Crippen LogP contribution in [0.1, 0.15) is 19.5 Å². The standard InChI is InChI=1S/C11H15BN2O2/c1-7-9(5-6-10(13)14-7)12-15-8(2)11(3,4)16-12/h5-6H,2H2,1,3-4H3,(H2,13,14). The first-order valence-electron chi connectivity index (χ1n) is 5.17. The van der Waals surface area contributed by atoms with Gasteiger partial charge >= 0.3 is 7.12 Å². The minimum atomic E-state index is -0.460. The lowest BCUT2D eigenvalue weighted by Gasteiger charge is -2.15. The molecule has 5 heteroatoms. The average molecular weight is 218 g/mol. The Balaban J connectivity index is 2.30. The zero-order valence-electron chi connectivity index (χ0n) is 9.78. The molecule has 16 heavy (non-hydrogen) atoms. The Hall–Kier alpha value is -1.49. The van der Waals surface area contributed by atoms with Gasteiger partial charge in [0.1, 0.15) is 11.4 Å². The molecule has 4 nitrogen and oxygen atoms in total. The lowest BCUT2D eigenvalue weighted by Crippen LogP contribution is -2.36. The molecule has 0 saturated carbocycles. The van der Waals surface area contributed by atoms with E-state index in [4.69, 9.17) is 15.0 Å². The molecular formula is C11H15BN2O2. The number of nitrogens with two attached hydrogens (primary N) is 1. The quantitative estimate of drug-likeness (QED) is 0.714. The van der Waals surface area contributed by atoms with Gasteiger partial charge in [-0.25, -0.2) is 4.98 Å². The van der Waals surface area contributed by atoms with Gasteiger partial charge in [0.25, 0.3) is 0 Å². The summed E-state index contributed by atoms with van der Waals surface area (Å²) in [6.45, 7) is 9.57. The van der Waals surface area contributed by atoms with Crippen molar-refractivity contribution in [3.63, 3.8) is 0 Å². The van der Waals surface area contributed by atoms with E-state index in [1.807, 2.05) is 26.8 Å². The van der Waals surface area contributed by atoms with Gasteiger partial charge in [-0.15, -0.1) is 0 Å². The van der Waals surface area contributed by atoms with Gasteiger partial charge in [0.15, 0.2) is 0 Å². The fraction of sp³-hybridized carbons (Fsp3) is 0.364. The first kappa shape index (κ1) is 11.0. The van der Waals surface area contributed by atoms with Crippen molar-refractivity contribution >= 4 is 18.4 Å². The number of aromatic nitrogens is 1. The topological polar surface area (TPSA) is 57.4 Å². The molecular weight excluding hydrogens is 203 g/mol. The van der Waals surface area contributed by atoms with Crippen LogP contribution >= 0.6 is 0 Å². The van der Waals surface area contributed by atoms with E-state index >= 15 is 0 Å². The zero-order valence-corrected chi connectivity index (χ0v) is 9.78. The Kier molecular flexibility index (Phi) is 2.42.